The van der Waals surface area contributed by atoms with Gasteiger partial charge in [-0.3, -0.25) is 0 Å². The number of phenolic OH excluding ortho intramolecular Hbond substituents is 1. The number of phenols is 1. The van der Waals surface area contributed by atoms with Gasteiger partial charge in [0.1, 0.15) is 11.5 Å². The highest BCUT2D eigenvalue weighted by atomic mass is 16.6. The Morgan fingerprint density at radius 1 is 0.902 bits per heavy atom. The maximum atomic E-state index is 13.4. The number of anilines is 3. The van der Waals surface area contributed by atoms with Crippen molar-refractivity contribution in [2.45, 2.75) is 50.7 Å². The number of nitrogens with one attached hydrogen (secondary N) is 1. The molecule has 0 amide bonds. The number of aromatic hydroxyl groups is 1. The molecule has 0 radical (unpaired) electrons. The van der Waals surface area contributed by atoms with E-state index in [1.807, 2.05) is 79.7 Å². The maximum absolute atomic E-state index is 13.4. The summed E-state index contributed by atoms with van der Waals surface area (Å²) in [5.41, 5.74) is 4.53. The minimum atomic E-state index is -1.41. The van der Waals surface area contributed by atoms with E-state index in [9.17, 15) is 9.90 Å². The lowest BCUT2D eigenvalue weighted by Gasteiger charge is -2.35. The summed E-state index contributed by atoms with van der Waals surface area (Å²) >= 11 is 0. The zero-order valence-corrected chi connectivity index (χ0v) is 23.8. The number of rotatable bonds is 7. The lowest BCUT2D eigenvalue weighted by molar-refractivity contribution is 0.0239. The van der Waals surface area contributed by atoms with Crippen LogP contribution in [0.25, 0.3) is 0 Å². The minimum Gasteiger partial charge on any atom is -0.507 e. The molecule has 1 heterocycles. The number of methoxy groups -OCH3 is 1. The van der Waals surface area contributed by atoms with Crippen molar-refractivity contribution < 1.29 is 19.4 Å². The van der Waals surface area contributed by atoms with Gasteiger partial charge in [-0.2, -0.15) is 0 Å². The first kappa shape index (κ1) is 26.8. The van der Waals surface area contributed by atoms with Crippen LogP contribution in [0, 0.1) is 6.92 Å². The lowest BCUT2D eigenvalue weighted by atomic mass is 9.78. The Bertz CT molecular complexity index is 1580. The average molecular weight is 549 g/mol. The van der Waals surface area contributed by atoms with Crippen molar-refractivity contribution in [3.05, 3.63) is 113 Å². The quantitative estimate of drug-likeness (QED) is 0.231. The molecule has 6 rings (SSSR count). The number of carbonyl (C=O) groups excluding carboxylic acids is 1. The van der Waals surface area contributed by atoms with E-state index in [0.29, 0.717) is 34.0 Å². The first-order chi connectivity index (χ1) is 19.9. The fraction of sp³-hybridized carbons (Fsp3) is 0.286. The highest BCUT2D eigenvalue weighted by molar-refractivity contribution is 5.97. The standard InChI is InChI=1S/C35H36N2O4/c1-23-20-33(40-3)30(22-31(23)36-24-12-6-4-7-13-24)35(28-17-11-10-16-27(28)34(39)41-35)29-19-18-26(21-32(29)38)37(2)25-14-8-5-9-15-25/h4,6-7,10-13,16-22,25,36,38H,5,8-9,14-15H2,1-3H3. The molecule has 2 aliphatic rings. The van der Waals surface area contributed by atoms with Gasteiger partial charge in [0.25, 0.3) is 0 Å². The second-order valence-corrected chi connectivity index (χ2v) is 11.1. The van der Waals surface area contributed by atoms with Gasteiger partial charge < -0.3 is 24.8 Å². The Labute approximate surface area is 241 Å². The summed E-state index contributed by atoms with van der Waals surface area (Å²) < 4.78 is 12.3. The predicted octanol–water partition coefficient (Wildman–Crippen LogP) is 7.68. The molecule has 4 aromatic carbocycles. The van der Waals surface area contributed by atoms with Gasteiger partial charge in [0.2, 0.25) is 0 Å². The van der Waals surface area contributed by atoms with Crippen LogP contribution >= 0.6 is 0 Å². The van der Waals surface area contributed by atoms with Crippen LogP contribution < -0.4 is 15.0 Å². The predicted molar refractivity (Wildman–Crippen MR) is 163 cm³/mol. The van der Waals surface area contributed by atoms with E-state index in [1.165, 1.54) is 19.3 Å². The van der Waals surface area contributed by atoms with E-state index in [4.69, 9.17) is 9.47 Å². The number of carbonyl (C=O) groups is 1. The number of ether oxygens (including phenoxy) is 2. The number of hydrogen-bond acceptors (Lipinski definition) is 6. The summed E-state index contributed by atoms with van der Waals surface area (Å²) in [4.78, 5) is 15.7. The molecular formula is C35H36N2O4. The van der Waals surface area contributed by atoms with Crippen molar-refractivity contribution in [1.29, 1.82) is 0 Å². The third-order valence-corrected chi connectivity index (χ3v) is 8.64. The fourth-order valence-corrected chi connectivity index (χ4v) is 6.42. The maximum Gasteiger partial charge on any atom is 0.340 e. The molecule has 1 fully saturated rings. The number of nitrogens with zero attached hydrogens (tertiary/aromatic N) is 1. The van der Waals surface area contributed by atoms with Crippen LogP contribution in [0.15, 0.2) is 84.9 Å². The van der Waals surface area contributed by atoms with Gasteiger partial charge in [-0.25, -0.2) is 4.79 Å². The molecule has 0 saturated heterocycles. The van der Waals surface area contributed by atoms with Gasteiger partial charge in [-0.15, -0.1) is 0 Å². The summed E-state index contributed by atoms with van der Waals surface area (Å²) in [5.74, 6) is 0.187. The monoisotopic (exact) mass is 548 g/mol. The fourth-order valence-electron chi connectivity index (χ4n) is 6.42. The number of fused-ring (bicyclic) bond motifs is 1. The molecule has 0 spiro atoms. The van der Waals surface area contributed by atoms with Crippen molar-refractivity contribution in [3.8, 4) is 11.5 Å². The molecule has 2 N–H and O–H groups in total. The SMILES string of the molecule is COc1cc(C)c(Nc2ccccc2)cc1C1(c2ccc(N(C)C3CCCCC3)cc2O)OC(=O)c2ccccc21. The van der Waals surface area contributed by atoms with Crippen LogP contribution in [-0.2, 0) is 10.3 Å². The minimum absolute atomic E-state index is 0.0647. The van der Waals surface area contributed by atoms with Crippen molar-refractivity contribution in [1.82, 2.24) is 0 Å². The Balaban J connectivity index is 1.53. The van der Waals surface area contributed by atoms with Crippen molar-refractivity contribution in [2.75, 3.05) is 24.4 Å². The van der Waals surface area contributed by atoms with Crippen molar-refractivity contribution in [2.24, 2.45) is 0 Å². The molecule has 1 atom stereocenters. The van der Waals surface area contributed by atoms with Gasteiger partial charge in [-0.1, -0.05) is 55.7 Å². The first-order valence-corrected chi connectivity index (χ1v) is 14.3. The Hall–Kier alpha value is -4.45. The molecule has 4 aromatic rings. The number of hydrogen-bond donors (Lipinski definition) is 2. The second kappa shape index (κ2) is 10.8. The summed E-state index contributed by atoms with van der Waals surface area (Å²) in [5, 5.41) is 15.2. The molecular weight excluding hydrogens is 512 g/mol. The number of esters is 1. The Morgan fingerprint density at radius 2 is 1.63 bits per heavy atom. The van der Waals surface area contributed by atoms with E-state index in [0.717, 1.165) is 35.5 Å². The molecule has 1 aliphatic carbocycles. The van der Waals surface area contributed by atoms with Gasteiger partial charge in [0, 0.05) is 52.9 Å². The lowest BCUT2D eigenvalue weighted by Crippen LogP contribution is -2.34. The van der Waals surface area contributed by atoms with Crippen molar-refractivity contribution >= 4 is 23.0 Å². The topological polar surface area (TPSA) is 71.0 Å². The largest absolute Gasteiger partial charge is 0.507 e. The molecule has 1 aliphatic heterocycles. The normalized spacial score (nSPS) is 18.5. The molecule has 6 nitrogen and oxygen atoms in total. The number of aryl methyl sites for hydroxylation is 1. The molecule has 1 saturated carbocycles. The van der Waals surface area contributed by atoms with Gasteiger partial charge >= 0.3 is 5.97 Å². The van der Waals surface area contributed by atoms with Crippen molar-refractivity contribution in [3.63, 3.8) is 0 Å². The number of cyclic esters (lactones) is 1. The molecule has 1 unspecified atom stereocenters. The average Bonchev–Trinajstić information content (AvgIpc) is 3.31. The zero-order valence-electron chi connectivity index (χ0n) is 23.8. The van der Waals surface area contributed by atoms with Crippen LogP contribution in [0.5, 0.6) is 11.5 Å². The van der Waals surface area contributed by atoms with E-state index in [-0.39, 0.29) is 5.75 Å². The zero-order chi connectivity index (χ0) is 28.6. The molecule has 210 valence electrons. The highest BCUT2D eigenvalue weighted by Gasteiger charge is 2.51. The van der Waals surface area contributed by atoms with Gasteiger partial charge in [0.15, 0.2) is 5.60 Å². The third-order valence-electron chi connectivity index (χ3n) is 8.64. The number of benzene rings is 4. The first-order valence-electron chi connectivity index (χ1n) is 14.3. The van der Waals surface area contributed by atoms with Crippen LogP contribution in [-0.4, -0.2) is 31.3 Å². The molecule has 6 heteroatoms. The smallest absolute Gasteiger partial charge is 0.340 e. The summed E-state index contributed by atoms with van der Waals surface area (Å²) in [6, 6.07) is 27.4. The van der Waals surface area contributed by atoms with E-state index in [2.05, 4.69) is 17.3 Å². The highest BCUT2D eigenvalue weighted by Crippen LogP contribution is 2.53. The van der Waals surface area contributed by atoms with Crippen LogP contribution in [0.1, 0.15) is 64.7 Å². The van der Waals surface area contributed by atoms with E-state index >= 15 is 0 Å². The molecule has 0 bridgehead atoms. The van der Waals surface area contributed by atoms with Gasteiger partial charge in [-0.05, 0) is 67.8 Å². The molecule has 0 aromatic heterocycles. The van der Waals surface area contributed by atoms with Crippen LogP contribution in [0.4, 0.5) is 17.1 Å². The molecule has 41 heavy (non-hydrogen) atoms. The van der Waals surface area contributed by atoms with E-state index in [1.54, 1.807) is 19.2 Å². The summed E-state index contributed by atoms with van der Waals surface area (Å²) in [6.07, 6.45) is 6.02. The van der Waals surface area contributed by atoms with Crippen LogP contribution in [0.3, 0.4) is 0 Å². The third kappa shape index (κ3) is 4.67. The summed E-state index contributed by atoms with van der Waals surface area (Å²) in [6.45, 7) is 2.01. The van der Waals surface area contributed by atoms with Crippen LogP contribution in [0.2, 0.25) is 0 Å². The summed E-state index contributed by atoms with van der Waals surface area (Å²) in [7, 11) is 3.71. The Kier molecular flexibility index (Phi) is 7.08. The number of para-hydroxylation sites is 1. The Morgan fingerprint density at radius 3 is 2.37 bits per heavy atom. The van der Waals surface area contributed by atoms with E-state index < -0.39 is 11.6 Å². The van der Waals surface area contributed by atoms with Gasteiger partial charge in [0.05, 0.1) is 12.7 Å². The second-order valence-electron chi connectivity index (χ2n) is 11.1.